The summed E-state index contributed by atoms with van der Waals surface area (Å²) in [6.07, 6.45) is 0. The molecule has 2 N–H and O–H groups in total. The monoisotopic (exact) mass is 219 g/mol. The fourth-order valence-corrected chi connectivity index (χ4v) is 0.856. The summed E-state index contributed by atoms with van der Waals surface area (Å²) in [5, 5.41) is 10.7. The molecule has 0 aromatic heterocycles. The molecular weight excluding hydrogens is 201 g/mol. The Bertz CT molecular complexity index is 248. The van der Waals surface area contributed by atoms with Crippen LogP contribution in [-0.4, -0.2) is 29.7 Å². The zero-order valence-corrected chi connectivity index (χ0v) is 9.50. The first-order chi connectivity index (χ1) is 6.70. The second-order valence-electron chi connectivity index (χ2n) is 4.64. The van der Waals surface area contributed by atoms with E-state index in [0.717, 1.165) is 0 Å². The standard InChI is InChI=1S/C10H18FNO3/c1-6(10(2,3)4)8(13)12-7(5-11)9(14)15/h6-7H,5H2,1-4H3,(H,12,13)(H,14,15). The number of carbonyl (C=O) groups is 2. The van der Waals surface area contributed by atoms with Gasteiger partial charge in [0, 0.05) is 5.92 Å². The number of amides is 1. The van der Waals surface area contributed by atoms with Crippen LogP contribution < -0.4 is 5.32 Å². The van der Waals surface area contributed by atoms with Crippen LogP contribution in [0.2, 0.25) is 0 Å². The Morgan fingerprint density at radius 2 is 1.87 bits per heavy atom. The van der Waals surface area contributed by atoms with Gasteiger partial charge in [0.25, 0.3) is 0 Å². The molecule has 2 unspecified atom stereocenters. The van der Waals surface area contributed by atoms with Gasteiger partial charge in [-0.2, -0.15) is 0 Å². The van der Waals surface area contributed by atoms with Crippen LogP contribution in [0.3, 0.4) is 0 Å². The molecule has 4 nitrogen and oxygen atoms in total. The smallest absolute Gasteiger partial charge is 0.328 e. The number of aliphatic carboxylic acids is 1. The molecule has 0 radical (unpaired) electrons. The largest absolute Gasteiger partial charge is 0.480 e. The van der Waals surface area contributed by atoms with E-state index in [1.165, 1.54) is 0 Å². The molecule has 0 aromatic rings. The van der Waals surface area contributed by atoms with Crippen molar-refractivity contribution in [3.63, 3.8) is 0 Å². The maximum absolute atomic E-state index is 12.2. The van der Waals surface area contributed by atoms with E-state index in [9.17, 15) is 14.0 Å². The van der Waals surface area contributed by atoms with Crippen molar-refractivity contribution in [2.45, 2.75) is 33.7 Å². The molecule has 0 aliphatic carbocycles. The predicted molar refractivity (Wildman–Crippen MR) is 54.2 cm³/mol. The van der Waals surface area contributed by atoms with Crippen molar-refractivity contribution in [2.24, 2.45) is 11.3 Å². The number of carboxylic acid groups (broad SMARTS) is 1. The molecule has 88 valence electrons. The van der Waals surface area contributed by atoms with Gasteiger partial charge in [0.1, 0.15) is 6.67 Å². The number of alkyl halides is 1. The summed E-state index contributed by atoms with van der Waals surface area (Å²) in [4.78, 5) is 22.0. The van der Waals surface area contributed by atoms with E-state index < -0.39 is 24.6 Å². The molecule has 0 bridgehead atoms. The van der Waals surface area contributed by atoms with Crippen molar-refractivity contribution in [3.8, 4) is 0 Å². The summed E-state index contributed by atoms with van der Waals surface area (Å²) in [7, 11) is 0. The van der Waals surface area contributed by atoms with Gasteiger partial charge in [0.2, 0.25) is 5.91 Å². The molecule has 0 heterocycles. The van der Waals surface area contributed by atoms with Crippen LogP contribution in [0.5, 0.6) is 0 Å². The number of carboxylic acids is 1. The second-order valence-corrected chi connectivity index (χ2v) is 4.64. The third-order valence-electron chi connectivity index (χ3n) is 2.46. The van der Waals surface area contributed by atoms with Crippen LogP contribution in [0.4, 0.5) is 4.39 Å². The average Bonchev–Trinajstić information content (AvgIpc) is 2.10. The average molecular weight is 219 g/mol. The van der Waals surface area contributed by atoms with Crippen molar-refractivity contribution in [1.29, 1.82) is 0 Å². The highest BCUT2D eigenvalue weighted by Gasteiger charge is 2.29. The summed E-state index contributed by atoms with van der Waals surface area (Å²) >= 11 is 0. The Morgan fingerprint density at radius 3 is 2.13 bits per heavy atom. The van der Waals surface area contributed by atoms with Crippen LogP contribution in [0.1, 0.15) is 27.7 Å². The SMILES string of the molecule is CC(C(=O)NC(CF)C(=O)O)C(C)(C)C. The number of halogens is 1. The predicted octanol–water partition coefficient (Wildman–Crippen LogP) is 1.21. The van der Waals surface area contributed by atoms with Crippen LogP contribution in [-0.2, 0) is 9.59 Å². The molecule has 0 fully saturated rings. The first-order valence-corrected chi connectivity index (χ1v) is 4.79. The van der Waals surface area contributed by atoms with E-state index in [1.807, 2.05) is 20.8 Å². The second kappa shape index (κ2) is 5.09. The van der Waals surface area contributed by atoms with E-state index in [0.29, 0.717) is 0 Å². The highest BCUT2D eigenvalue weighted by atomic mass is 19.1. The molecule has 5 heteroatoms. The van der Waals surface area contributed by atoms with E-state index in [1.54, 1.807) is 6.92 Å². The summed E-state index contributed by atoms with van der Waals surface area (Å²) in [5.74, 6) is -2.16. The van der Waals surface area contributed by atoms with Crippen molar-refractivity contribution in [1.82, 2.24) is 5.32 Å². The fourth-order valence-electron chi connectivity index (χ4n) is 0.856. The maximum atomic E-state index is 12.2. The molecule has 1 amide bonds. The highest BCUT2D eigenvalue weighted by molar-refractivity contribution is 5.85. The van der Waals surface area contributed by atoms with Gasteiger partial charge in [0.15, 0.2) is 6.04 Å². The molecule has 2 atom stereocenters. The third-order valence-corrected chi connectivity index (χ3v) is 2.46. The van der Waals surface area contributed by atoms with Gasteiger partial charge in [-0.15, -0.1) is 0 Å². The molecule has 0 saturated carbocycles. The fraction of sp³-hybridized carbons (Fsp3) is 0.800. The van der Waals surface area contributed by atoms with Gasteiger partial charge in [-0.3, -0.25) is 4.79 Å². The van der Waals surface area contributed by atoms with E-state index in [-0.39, 0.29) is 11.3 Å². The highest BCUT2D eigenvalue weighted by Crippen LogP contribution is 2.25. The Morgan fingerprint density at radius 1 is 1.40 bits per heavy atom. The molecule has 0 spiro atoms. The van der Waals surface area contributed by atoms with E-state index in [4.69, 9.17) is 5.11 Å². The van der Waals surface area contributed by atoms with Crippen LogP contribution in [0, 0.1) is 11.3 Å². The molecule has 0 aromatic carbocycles. The third kappa shape index (κ3) is 4.27. The van der Waals surface area contributed by atoms with Gasteiger partial charge in [0.05, 0.1) is 0 Å². The lowest BCUT2D eigenvalue weighted by atomic mass is 9.81. The first kappa shape index (κ1) is 13.9. The van der Waals surface area contributed by atoms with Crippen LogP contribution in [0.25, 0.3) is 0 Å². The zero-order valence-electron chi connectivity index (χ0n) is 9.50. The molecule has 0 aliphatic heterocycles. The lowest BCUT2D eigenvalue weighted by molar-refractivity contribution is -0.143. The van der Waals surface area contributed by atoms with Crippen molar-refractivity contribution >= 4 is 11.9 Å². The normalized spacial score (nSPS) is 15.5. The minimum absolute atomic E-state index is 0.274. The minimum Gasteiger partial charge on any atom is -0.480 e. The summed E-state index contributed by atoms with van der Waals surface area (Å²) in [6.45, 7) is 6.18. The molecule has 0 aliphatic rings. The number of hydrogen-bond donors (Lipinski definition) is 2. The lowest BCUT2D eigenvalue weighted by Crippen LogP contribution is -2.46. The van der Waals surface area contributed by atoms with Gasteiger partial charge in [-0.25, -0.2) is 9.18 Å². The van der Waals surface area contributed by atoms with Gasteiger partial charge < -0.3 is 10.4 Å². The number of rotatable bonds is 4. The number of carbonyl (C=O) groups excluding carboxylic acids is 1. The zero-order chi connectivity index (χ0) is 12.2. The Labute approximate surface area is 88.9 Å². The maximum Gasteiger partial charge on any atom is 0.328 e. The molecule has 0 saturated heterocycles. The van der Waals surface area contributed by atoms with Gasteiger partial charge >= 0.3 is 5.97 Å². The van der Waals surface area contributed by atoms with Crippen molar-refractivity contribution in [2.75, 3.05) is 6.67 Å². The topological polar surface area (TPSA) is 66.4 Å². The van der Waals surface area contributed by atoms with Crippen molar-refractivity contribution in [3.05, 3.63) is 0 Å². The van der Waals surface area contributed by atoms with Crippen molar-refractivity contribution < 1.29 is 19.1 Å². The summed E-state index contributed by atoms with van der Waals surface area (Å²) < 4.78 is 12.2. The minimum atomic E-state index is -1.44. The number of hydrogen-bond acceptors (Lipinski definition) is 2. The Hall–Kier alpha value is -1.13. The Balaban J connectivity index is 4.42. The quantitative estimate of drug-likeness (QED) is 0.746. The summed E-state index contributed by atoms with van der Waals surface area (Å²) in [5.41, 5.74) is -0.274. The number of nitrogens with one attached hydrogen (secondary N) is 1. The Kier molecular flexibility index (Phi) is 4.71. The first-order valence-electron chi connectivity index (χ1n) is 4.79. The van der Waals surface area contributed by atoms with E-state index in [2.05, 4.69) is 5.32 Å². The van der Waals surface area contributed by atoms with Crippen LogP contribution >= 0.6 is 0 Å². The van der Waals surface area contributed by atoms with Gasteiger partial charge in [-0.1, -0.05) is 27.7 Å². The van der Waals surface area contributed by atoms with E-state index >= 15 is 0 Å². The van der Waals surface area contributed by atoms with Crippen LogP contribution in [0.15, 0.2) is 0 Å². The lowest BCUT2D eigenvalue weighted by Gasteiger charge is -2.27. The molecular formula is C10H18FNO3. The molecule has 0 rings (SSSR count). The molecule has 15 heavy (non-hydrogen) atoms. The summed E-state index contributed by atoms with van der Waals surface area (Å²) in [6, 6.07) is -1.44. The van der Waals surface area contributed by atoms with Gasteiger partial charge in [-0.05, 0) is 5.41 Å².